The van der Waals surface area contributed by atoms with Crippen molar-refractivity contribution in [3.05, 3.63) is 289 Å². The van der Waals surface area contributed by atoms with E-state index in [9.17, 15) is 37.6 Å². The van der Waals surface area contributed by atoms with Crippen LogP contribution in [-0.2, 0) is 23.0 Å². The summed E-state index contributed by atoms with van der Waals surface area (Å²) in [6.07, 6.45) is 10.4. The lowest BCUT2D eigenvalue weighted by atomic mass is 10.1. The number of halogens is 3. The Morgan fingerprint density at radius 1 is 0.436 bits per heavy atom. The number of terminal acetylenes is 1. The maximum Gasteiger partial charge on any atom is 0.267 e. The second-order valence-electron chi connectivity index (χ2n) is 20.4. The molecule has 0 fully saturated rings. The quantitative estimate of drug-likeness (QED) is 0.0654. The molecule has 0 aliphatic heterocycles. The fourth-order valence-electron chi connectivity index (χ4n) is 9.63. The number of hydrogen-bond donors (Lipinski definition) is 4. The number of aryl methyl sites for hydroxylation is 3. The fraction of sp³-hybridized carbons (Fsp3) is 0.0972. The maximum absolute atomic E-state index is 14.3. The summed E-state index contributed by atoms with van der Waals surface area (Å²) in [5, 5.41) is 51.8. The minimum Gasteiger partial charge on any atom is -0.315 e. The first kappa shape index (κ1) is 67.1. The number of nitrogens with one attached hydrogen (secondary N) is 4. The zero-order valence-electron chi connectivity index (χ0n) is 49.9. The molecule has 6 aromatic carbocycles. The van der Waals surface area contributed by atoms with Gasteiger partial charge in [0.15, 0.2) is 0 Å². The number of aromatic nitrogens is 6. The first-order valence-electron chi connectivity index (χ1n) is 28.2. The molecule has 12 aromatic rings. The highest BCUT2D eigenvalue weighted by Crippen LogP contribution is 2.35. The van der Waals surface area contributed by atoms with Crippen molar-refractivity contribution >= 4 is 90.1 Å². The van der Waals surface area contributed by atoms with Crippen LogP contribution in [0.4, 0.5) is 13.2 Å². The van der Waals surface area contributed by atoms with Crippen LogP contribution in [0.2, 0.25) is 0 Å². The third-order valence-corrected chi connectivity index (χ3v) is 18.9. The van der Waals surface area contributed by atoms with E-state index in [-0.39, 0.29) is 22.3 Å². The summed E-state index contributed by atoms with van der Waals surface area (Å²) in [6, 6.07) is 48.7. The number of thioether (sulfide) groups is 4. The van der Waals surface area contributed by atoms with Crippen LogP contribution in [0, 0.1) is 107 Å². The highest BCUT2D eigenvalue weighted by Gasteiger charge is 2.18. The molecule has 0 aliphatic rings. The molecule has 15 nitrogen and oxygen atoms in total. The number of aromatic amines is 4. The van der Waals surface area contributed by atoms with Gasteiger partial charge in [-0.1, -0.05) is 78.7 Å². The predicted molar refractivity (Wildman–Crippen MR) is 363 cm³/mol. The first-order chi connectivity index (χ1) is 45.5. The molecule has 6 heterocycles. The monoisotopic (exact) mass is 1320 g/mol. The minimum atomic E-state index is -0.498. The third kappa shape index (κ3) is 15.5. The summed E-state index contributed by atoms with van der Waals surface area (Å²) >= 11 is 5.55. The Balaban J connectivity index is 0.000000148. The lowest BCUT2D eigenvalue weighted by molar-refractivity contribution is 0.629. The molecule has 0 spiro atoms. The van der Waals surface area contributed by atoms with Crippen molar-refractivity contribution < 1.29 is 13.2 Å². The van der Waals surface area contributed by atoms with Crippen LogP contribution in [0.1, 0.15) is 72.5 Å². The smallest absolute Gasteiger partial charge is 0.267 e. The maximum atomic E-state index is 14.3. The fourth-order valence-corrected chi connectivity index (χ4v) is 14.0. The van der Waals surface area contributed by atoms with Crippen molar-refractivity contribution in [2.45, 2.75) is 63.9 Å². The number of nitrogens with zero attached hydrogens (tertiary/aromatic N) is 7. The molecule has 0 bridgehead atoms. The summed E-state index contributed by atoms with van der Waals surface area (Å²) in [5.41, 5.74) is 6.75. The van der Waals surface area contributed by atoms with Crippen molar-refractivity contribution in [1.29, 1.82) is 26.3 Å². The van der Waals surface area contributed by atoms with Gasteiger partial charge in [-0.25, -0.2) is 13.2 Å². The standard InChI is InChI=1S/C19H13N3OS.C18H10FN3OS.C18H13FN2OS.C17H12FN3OS/c1-12-4-2-3-5-14(12)11-24-19-16-8-13(9-20)6-7-15(16)17(10-21)18(23)22-19;1-2-11-5-6-21-9-12(11)10-24-18-15-7-13(19)3-4-14(15)16(8-20)17(23)22-18;1-11-5-2-3-6-12(11)10-23-18-16-13(7-4-8-15(16)19)14(9-20)17(22)21-18;1-10-11(3-2-6-20-10)9-23-17-14-7-12(18)4-5-13(14)15(8-19)16(22)21-17/h2-8H,11H2,1H3,(H,22,23);1,3-7,9H,10H2,(H,22,23);2-8H,10H2,1H3,(H,21,22);2-7H,9H2,1H3,(H,21,22). The first-order valence-corrected chi connectivity index (χ1v) is 32.1. The predicted octanol–water partition coefficient (Wildman–Crippen LogP) is 14.8. The van der Waals surface area contributed by atoms with Gasteiger partial charge in [0.05, 0.1) is 31.7 Å². The van der Waals surface area contributed by atoms with Crippen LogP contribution in [0.15, 0.2) is 197 Å². The molecule has 0 radical (unpaired) electrons. The number of H-pyrrole nitrogens is 4. The van der Waals surface area contributed by atoms with Gasteiger partial charge < -0.3 is 19.9 Å². The van der Waals surface area contributed by atoms with Gasteiger partial charge in [0.2, 0.25) is 0 Å². The van der Waals surface area contributed by atoms with E-state index in [1.165, 1.54) is 107 Å². The minimum absolute atomic E-state index is 0.00177. The van der Waals surface area contributed by atoms with E-state index in [0.717, 1.165) is 33.3 Å². The molecule has 12 rings (SSSR count). The number of nitriles is 5. The Kier molecular flexibility index (Phi) is 22.2. The molecule has 0 saturated heterocycles. The number of rotatable bonds is 12. The molecule has 0 saturated carbocycles. The lowest BCUT2D eigenvalue weighted by Crippen LogP contribution is -2.12. The second kappa shape index (κ2) is 31.1. The highest BCUT2D eigenvalue weighted by molar-refractivity contribution is 7.99. The van der Waals surface area contributed by atoms with Crippen LogP contribution in [-0.4, -0.2) is 29.9 Å². The Morgan fingerprint density at radius 3 is 1.35 bits per heavy atom. The zero-order chi connectivity index (χ0) is 67.0. The Labute approximate surface area is 552 Å². The Hall–Kier alpha value is -11.3. The second-order valence-corrected chi connectivity index (χ2v) is 24.4. The Morgan fingerprint density at radius 2 is 0.872 bits per heavy atom. The van der Waals surface area contributed by atoms with Crippen molar-refractivity contribution in [3.63, 3.8) is 0 Å². The van der Waals surface area contributed by atoms with E-state index < -0.39 is 39.7 Å². The molecule has 0 unspecified atom stereocenters. The summed E-state index contributed by atoms with van der Waals surface area (Å²) in [5.74, 6) is 3.64. The molecule has 22 heteroatoms. The average Bonchev–Trinajstić information content (AvgIpc) is 0.810. The lowest BCUT2D eigenvalue weighted by Gasteiger charge is -2.09. The van der Waals surface area contributed by atoms with Crippen molar-refractivity contribution in [2.75, 3.05) is 0 Å². The molecule has 94 heavy (non-hydrogen) atoms. The average molecular weight is 1320 g/mol. The van der Waals surface area contributed by atoms with Gasteiger partial charge in [0.1, 0.15) is 64.0 Å². The van der Waals surface area contributed by atoms with E-state index in [1.54, 1.807) is 48.9 Å². The van der Waals surface area contributed by atoms with Crippen LogP contribution < -0.4 is 22.2 Å². The molecular weight excluding hydrogens is 1270 g/mol. The van der Waals surface area contributed by atoms with Crippen molar-refractivity contribution in [1.82, 2.24) is 29.9 Å². The topological polar surface area (TPSA) is 276 Å². The summed E-state index contributed by atoms with van der Waals surface area (Å²) in [7, 11) is 0. The van der Waals surface area contributed by atoms with Gasteiger partial charge in [0.25, 0.3) is 22.2 Å². The molecule has 6 aromatic heterocycles. The van der Waals surface area contributed by atoms with E-state index in [0.29, 0.717) is 91.9 Å². The van der Waals surface area contributed by atoms with Gasteiger partial charge in [-0.3, -0.25) is 29.1 Å². The third-order valence-electron chi connectivity index (χ3n) is 14.6. The molecule has 460 valence electrons. The van der Waals surface area contributed by atoms with Crippen LogP contribution in [0.3, 0.4) is 0 Å². The molecule has 4 N–H and O–H groups in total. The number of fused-ring (bicyclic) bond motifs is 4. The summed E-state index contributed by atoms with van der Waals surface area (Å²) in [4.78, 5) is 67.4. The van der Waals surface area contributed by atoms with Gasteiger partial charge >= 0.3 is 0 Å². The number of benzene rings is 6. The largest absolute Gasteiger partial charge is 0.315 e. The number of hydrogen-bond acceptors (Lipinski definition) is 15. The molecule has 0 aliphatic carbocycles. The van der Waals surface area contributed by atoms with E-state index in [1.807, 2.05) is 106 Å². The van der Waals surface area contributed by atoms with Crippen molar-refractivity contribution in [3.8, 4) is 42.7 Å². The molecule has 0 atom stereocenters. The Bertz CT molecular complexity index is 5480. The molecular formula is C72H48F3N11O4S4. The van der Waals surface area contributed by atoms with E-state index >= 15 is 0 Å². The summed E-state index contributed by atoms with van der Waals surface area (Å²) < 4.78 is 41.5. The van der Waals surface area contributed by atoms with Gasteiger partial charge in [-0.05, 0) is 121 Å². The van der Waals surface area contributed by atoms with Crippen LogP contribution in [0.5, 0.6) is 0 Å². The highest BCUT2D eigenvalue weighted by atomic mass is 32.2. The normalized spacial score (nSPS) is 10.5. The SMILES string of the molecule is C#Cc1ccncc1CSc1[nH]c(=O)c(C#N)c2ccc(F)cc12.Cc1ccccc1CSc1[nH]c(=O)c(C#N)c2ccc(C#N)cc12.Cc1ccccc1CSc1[nH]c(=O)c(C#N)c2cccc(F)c12.Cc1ncccc1CSc1[nH]c(=O)c(C#N)c2ccc(F)cc12. The number of pyridine rings is 6. The van der Waals surface area contributed by atoms with Gasteiger partial charge in [0, 0.05) is 95.9 Å². The van der Waals surface area contributed by atoms with E-state index in [2.05, 4.69) is 41.9 Å². The molecule has 0 amide bonds. The van der Waals surface area contributed by atoms with Crippen molar-refractivity contribution in [2.24, 2.45) is 0 Å². The van der Waals surface area contributed by atoms with Crippen LogP contribution >= 0.6 is 47.0 Å². The van der Waals surface area contributed by atoms with Gasteiger partial charge in [-0.15, -0.1) is 53.5 Å². The van der Waals surface area contributed by atoms with Crippen LogP contribution in [0.25, 0.3) is 43.1 Å². The summed E-state index contributed by atoms with van der Waals surface area (Å²) in [6.45, 7) is 5.97. The van der Waals surface area contributed by atoms with Gasteiger partial charge in [-0.2, -0.15) is 26.3 Å². The zero-order valence-corrected chi connectivity index (χ0v) is 53.2. The van der Waals surface area contributed by atoms with E-state index in [4.69, 9.17) is 27.5 Å².